The molecule has 0 saturated carbocycles. The van der Waals surface area contributed by atoms with Crippen LogP contribution in [0.25, 0.3) is 0 Å². The van der Waals surface area contributed by atoms with Crippen molar-refractivity contribution in [3.8, 4) is 0 Å². The second kappa shape index (κ2) is 14.1. The first kappa shape index (κ1) is 27.1. The predicted molar refractivity (Wildman–Crippen MR) is 160 cm³/mol. The van der Waals surface area contributed by atoms with Gasteiger partial charge in [-0.2, -0.15) is 12.1 Å². The summed E-state index contributed by atoms with van der Waals surface area (Å²) in [7, 11) is -0.409. The van der Waals surface area contributed by atoms with E-state index in [2.05, 4.69) is 170 Å². The molecule has 0 aromatic heterocycles. The molecule has 0 amide bonds. The standard InChI is InChI=1S/C17H14As.C17H14P.Fe/c2*1-3-9-15(10-4-1)18(17-13-7-8-14-17)16-11-5-2-6-12-16;/h2*1-14H;/q2*-1;+2. The summed E-state index contributed by atoms with van der Waals surface area (Å²) in [6.07, 6.45) is 0. The van der Waals surface area contributed by atoms with Crippen LogP contribution >= 0.6 is 7.92 Å². The first-order valence-corrected chi connectivity index (χ1v) is 16.3. The summed E-state index contributed by atoms with van der Waals surface area (Å²) in [6, 6.07) is 60.9. The van der Waals surface area contributed by atoms with Gasteiger partial charge in [0.1, 0.15) is 0 Å². The monoisotopic (exact) mass is 598 g/mol. The molecule has 182 valence electrons. The minimum atomic E-state index is -1.34. The van der Waals surface area contributed by atoms with Crippen LogP contribution in [-0.2, 0) is 17.1 Å². The van der Waals surface area contributed by atoms with Crippen molar-refractivity contribution in [2.75, 3.05) is 0 Å². The minimum absolute atomic E-state index is 0. The first-order chi connectivity index (χ1) is 17.9. The zero-order valence-electron chi connectivity index (χ0n) is 20.4. The van der Waals surface area contributed by atoms with Crippen LogP contribution in [0.1, 0.15) is 0 Å². The third kappa shape index (κ3) is 7.11. The fourth-order valence-electron chi connectivity index (χ4n) is 4.23. The number of rotatable bonds is 6. The number of benzene rings is 4. The van der Waals surface area contributed by atoms with Crippen LogP contribution in [0.15, 0.2) is 170 Å². The van der Waals surface area contributed by atoms with Gasteiger partial charge in [0.05, 0.1) is 0 Å². The molecule has 0 aliphatic carbocycles. The van der Waals surface area contributed by atoms with Gasteiger partial charge in [0, 0.05) is 0 Å². The Morgan fingerprint density at radius 3 is 1.27 bits per heavy atom. The first-order valence-electron chi connectivity index (χ1n) is 12.1. The molecule has 3 heteroatoms. The van der Waals surface area contributed by atoms with Crippen LogP contribution < -0.4 is 29.0 Å². The topological polar surface area (TPSA) is 0 Å². The van der Waals surface area contributed by atoms with E-state index in [-0.39, 0.29) is 17.1 Å². The molecule has 0 N–H and O–H groups in total. The third-order valence-corrected chi connectivity index (χ3v) is 13.4. The van der Waals surface area contributed by atoms with Gasteiger partial charge in [-0.1, -0.05) is 60.7 Å². The molecule has 0 aliphatic heterocycles. The summed E-state index contributed by atoms with van der Waals surface area (Å²) in [6.45, 7) is 0. The average molecular weight is 598 g/mol. The van der Waals surface area contributed by atoms with Crippen LogP contribution in [-0.4, -0.2) is 14.7 Å². The summed E-state index contributed by atoms with van der Waals surface area (Å²) in [5.74, 6) is 0. The second-order valence-corrected chi connectivity index (χ2v) is 15.2. The molecule has 0 atom stereocenters. The summed E-state index contributed by atoms with van der Waals surface area (Å²) in [4.78, 5) is 0. The fraction of sp³-hybridized carbons (Fsp3) is 0. The maximum atomic E-state index is 2.26. The molecule has 0 bridgehead atoms. The zero-order valence-corrected chi connectivity index (χ0v) is 24.3. The van der Waals surface area contributed by atoms with Crippen LogP contribution in [0.2, 0.25) is 0 Å². The average Bonchev–Trinajstić information content (AvgIpc) is 3.68. The van der Waals surface area contributed by atoms with Gasteiger partial charge in [-0.05, 0) is 18.5 Å². The van der Waals surface area contributed by atoms with E-state index in [4.69, 9.17) is 0 Å². The van der Waals surface area contributed by atoms with Crippen molar-refractivity contribution in [2.45, 2.75) is 0 Å². The van der Waals surface area contributed by atoms with E-state index in [9.17, 15) is 0 Å². The van der Waals surface area contributed by atoms with Crippen molar-refractivity contribution < 1.29 is 17.1 Å². The van der Waals surface area contributed by atoms with Gasteiger partial charge in [0.2, 0.25) is 0 Å². The van der Waals surface area contributed by atoms with Crippen LogP contribution in [0.4, 0.5) is 0 Å². The van der Waals surface area contributed by atoms with Gasteiger partial charge in [-0.3, -0.25) is 0 Å². The quantitative estimate of drug-likeness (QED) is 0.143. The van der Waals surface area contributed by atoms with Crippen LogP contribution in [0, 0.1) is 0 Å². The SMILES string of the molecule is [Fe+2].c1ccc(P(c2ccccc2)c2ccc[cH-]2)cc1.c1ccc([As](c2ccccc2)c2ccc[cH-]2)cc1. The molecule has 6 rings (SSSR count). The third-order valence-electron chi connectivity index (χ3n) is 5.86. The maximum absolute atomic E-state index is 2.26. The van der Waals surface area contributed by atoms with Crippen molar-refractivity contribution in [3.05, 3.63) is 170 Å². The van der Waals surface area contributed by atoms with E-state index in [1.165, 1.54) is 29.0 Å². The summed E-state index contributed by atoms with van der Waals surface area (Å²) >= 11 is -1.34. The van der Waals surface area contributed by atoms with Gasteiger partial charge in [-0.25, -0.2) is 12.1 Å². The van der Waals surface area contributed by atoms with Crippen molar-refractivity contribution >= 4 is 51.5 Å². The Hall–Kier alpha value is -2.91. The Morgan fingerprint density at radius 1 is 0.432 bits per heavy atom. The summed E-state index contributed by atoms with van der Waals surface area (Å²) in [5.41, 5.74) is 0. The Morgan fingerprint density at radius 2 is 0.865 bits per heavy atom. The number of hydrogen-bond donors (Lipinski definition) is 0. The fourth-order valence-corrected chi connectivity index (χ4v) is 11.4. The molecule has 0 heterocycles. The van der Waals surface area contributed by atoms with E-state index in [0.29, 0.717) is 0 Å². The normalized spacial score (nSPS) is 10.4. The Balaban J connectivity index is 0.000000168. The molecule has 0 nitrogen and oxygen atoms in total. The van der Waals surface area contributed by atoms with Gasteiger partial charge in [0.15, 0.2) is 0 Å². The number of hydrogen-bond acceptors (Lipinski definition) is 0. The molecule has 0 spiro atoms. The Bertz CT molecular complexity index is 1210. The molecular formula is C34H28AsFeP. The van der Waals surface area contributed by atoms with E-state index in [1.807, 2.05) is 0 Å². The second-order valence-electron chi connectivity index (χ2n) is 8.30. The summed E-state index contributed by atoms with van der Waals surface area (Å²) in [5, 5.41) is 4.23. The molecule has 0 radical (unpaired) electrons. The van der Waals surface area contributed by atoms with E-state index in [0.717, 1.165) is 0 Å². The molecular weight excluding hydrogens is 570 g/mol. The molecule has 0 unspecified atom stereocenters. The zero-order chi connectivity index (χ0) is 24.4. The molecule has 6 aromatic rings. The van der Waals surface area contributed by atoms with Gasteiger partial charge >= 0.3 is 130 Å². The molecule has 0 fully saturated rings. The van der Waals surface area contributed by atoms with Crippen LogP contribution in [0.5, 0.6) is 0 Å². The van der Waals surface area contributed by atoms with E-state index in [1.54, 1.807) is 0 Å². The molecule has 6 aromatic carbocycles. The Labute approximate surface area is 237 Å². The molecule has 0 saturated heterocycles. The van der Waals surface area contributed by atoms with Crippen molar-refractivity contribution in [3.63, 3.8) is 0 Å². The van der Waals surface area contributed by atoms with Gasteiger partial charge in [0.25, 0.3) is 0 Å². The van der Waals surface area contributed by atoms with Gasteiger partial charge < -0.3 is 0 Å². The van der Waals surface area contributed by atoms with Gasteiger partial charge in [-0.15, -0.1) is 5.30 Å². The predicted octanol–water partition coefficient (Wildman–Crippen LogP) is 5.08. The molecule has 37 heavy (non-hydrogen) atoms. The van der Waals surface area contributed by atoms with E-state index >= 15 is 0 Å². The Kier molecular flexibility index (Phi) is 10.4. The molecule has 0 aliphatic rings. The van der Waals surface area contributed by atoms with Crippen LogP contribution in [0.3, 0.4) is 0 Å². The summed E-state index contributed by atoms with van der Waals surface area (Å²) < 4.78 is 4.48. The van der Waals surface area contributed by atoms with Crippen molar-refractivity contribution in [2.24, 2.45) is 0 Å². The van der Waals surface area contributed by atoms with Crippen molar-refractivity contribution in [1.82, 2.24) is 0 Å². The van der Waals surface area contributed by atoms with Crippen molar-refractivity contribution in [1.29, 1.82) is 0 Å². The van der Waals surface area contributed by atoms with E-state index < -0.39 is 22.6 Å².